The van der Waals surface area contributed by atoms with Crippen LogP contribution in [0.1, 0.15) is 11.1 Å². The Hall–Kier alpha value is -2.86. The Morgan fingerprint density at radius 3 is 2.41 bits per heavy atom. The van der Waals surface area contributed by atoms with Gasteiger partial charge < -0.3 is 20.3 Å². The van der Waals surface area contributed by atoms with Crippen LogP contribution < -0.4 is 10.5 Å². The Kier molecular flexibility index (Phi) is 6.08. The summed E-state index contributed by atoms with van der Waals surface area (Å²) in [4.78, 5) is 28.4. The van der Waals surface area contributed by atoms with Crippen molar-refractivity contribution in [3.63, 3.8) is 0 Å². The quantitative estimate of drug-likeness (QED) is 0.838. The number of piperazine rings is 1. The highest BCUT2D eigenvalue weighted by atomic mass is 16.5. The third-order valence-corrected chi connectivity index (χ3v) is 4.78. The number of hydrogen-bond donors (Lipinski definition) is 1. The summed E-state index contributed by atoms with van der Waals surface area (Å²) in [7, 11) is 1.62. The van der Waals surface area contributed by atoms with Crippen molar-refractivity contribution in [3.8, 4) is 5.75 Å². The van der Waals surface area contributed by atoms with Crippen LogP contribution in [0.25, 0.3) is 0 Å². The summed E-state index contributed by atoms with van der Waals surface area (Å²) >= 11 is 0. The van der Waals surface area contributed by atoms with Crippen LogP contribution in [0.15, 0.2) is 54.6 Å². The van der Waals surface area contributed by atoms with Gasteiger partial charge in [-0.1, -0.05) is 42.5 Å². The van der Waals surface area contributed by atoms with E-state index in [2.05, 4.69) is 0 Å². The van der Waals surface area contributed by atoms with Crippen molar-refractivity contribution in [1.29, 1.82) is 0 Å². The summed E-state index contributed by atoms with van der Waals surface area (Å²) in [6.45, 7) is 1.62. The van der Waals surface area contributed by atoms with E-state index in [0.29, 0.717) is 26.1 Å². The van der Waals surface area contributed by atoms with Crippen molar-refractivity contribution in [3.05, 3.63) is 65.7 Å². The average Bonchev–Trinajstić information content (AvgIpc) is 2.70. The lowest BCUT2D eigenvalue weighted by atomic mass is 10.1. The van der Waals surface area contributed by atoms with Gasteiger partial charge in [0.15, 0.2) is 0 Å². The molecule has 0 radical (unpaired) electrons. The van der Waals surface area contributed by atoms with Crippen LogP contribution in [0.3, 0.4) is 0 Å². The molecule has 0 bridgehead atoms. The summed E-state index contributed by atoms with van der Waals surface area (Å²) < 4.78 is 5.15. The van der Waals surface area contributed by atoms with Gasteiger partial charge >= 0.3 is 0 Å². The van der Waals surface area contributed by atoms with Crippen LogP contribution in [0.2, 0.25) is 0 Å². The highest BCUT2D eigenvalue weighted by Gasteiger charge is 2.29. The van der Waals surface area contributed by atoms with E-state index in [1.807, 2.05) is 54.6 Å². The van der Waals surface area contributed by atoms with Crippen LogP contribution in [0.4, 0.5) is 0 Å². The smallest absolute Gasteiger partial charge is 0.242 e. The number of carbonyl (C=O) groups excluding carboxylic acids is 2. The van der Waals surface area contributed by atoms with E-state index in [4.69, 9.17) is 10.5 Å². The first kappa shape index (κ1) is 18.9. The van der Waals surface area contributed by atoms with Gasteiger partial charge in [-0.15, -0.1) is 0 Å². The Bertz CT molecular complexity index is 777. The van der Waals surface area contributed by atoms with Crippen LogP contribution >= 0.6 is 0 Å². The van der Waals surface area contributed by atoms with Crippen LogP contribution in [0, 0.1) is 0 Å². The second-order valence-corrected chi connectivity index (χ2v) is 6.72. The van der Waals surface area contributed by atoms with E-state index in [9.17, 15) is 9.59 Å². The number of benzene rings is 2. The zero-order chi connectivity index (χ0) is 19.2. The standard InChI is InChI=1S/C21H25N3O3/c1-27-18-9-7-17(8-10-18)14-23-11-12-24(15-20(23)25)21(26)19(22)13-16-5-3-2-4-6-16/h2-10,19H,11-15,22H2,1H3/t19-/m0/s1. The molecule has 1 saturated heterocycles. The van der Waals surface area contributed by atoms with Gasteiger partial charge in [0.2, 0.25) is 11.8 Å². The van der Waals surface area contributed by atoms with Crippen molar-refractivity contribution < 1.29 is 14.3 Å². The maximum atomic E-state index is 12.6. The lowest BCUT2D eigenvalue weighted by molar-refractivity contribution is -0.146. The number of ether oxygens (including phenoxy) is 1. The minimum absolute atomic E-state index is 0.0580. The lowest BCUT2D eigenvalue weighted by Gasteiger charge is -2.35. The summed E-state index contributed by atoms with van der Waals surface area (Å²) in [5, 5.41) is 0. The molecule has 1 atom stereocenters. The molecule has 2 amide bonds. The highest BCUT2D eigenvalue weighted by Crippen LogP contribution is 2.15. The molecule has 6 nitrogen and oxygen atoms in total. The summed E-state index contributed by atoms with van der Waals surface area (Å²) in [5.41, 5.74) is 8.13. The van der Waals surface area contributed by atoms with Gasteiger partial charge in [0.25, 0.3) is 0 Å². The molecule has 3 rings (SSSR count). The molecule has 0 aliphatic carbocycles. The molecule has 0 saturated carbocycles. The molecule has 0 unspecified atom stereocenters. The predicted molar refractivity (Wildman–Crippen MR) is 103 cm³/mol. The second-order valence-electron chi connectivity index (χ2n) is 6.72. The molecular formula is C21H25N3O3. The molecule has 1 aliphatic rings. The number of rotatable bonds is 6. The van der Waals surface area contributed by atoms with Gasteiger partial charge in [-0.2, -0.15) is 0 Å². The van der Waals surface area contributed by atoms with Crippen molar-refractivity contribution >= 4 is 11.8 Å². The van der Waals surface area contributed by atoms with E-state index < -0.39 is 6.04 Å². The molecule has 142 valence electrons. The number of amides is 2. The van der Waals surface area contributed by atoms with Gasteiger partial charge in [0.1, 0.15) is 5.75 Å². The fourth-order valence-corrected chi connectivity index (χ4v) is 3.20. The fourth-order valence-electron chi connectivity index (χ4n) is 3.20. The first-order valence-electron chi connectivity index (χ1n) is 9.06. The predicted octanol–water partition coefficient (Wildman–Crippen LogP) is 1.44. The minimum Gasteiger partial charge on any atom is -0.497 e. The van der Waals surface area contributed by atoms with Gasteiger partial charge in [0, 0.05) is 19.6 Å². The Balaban J connectivity index is 1.54. The van der Waals surface area contributed by atoms with Crippen molar-refractivity contribution in [2.24, 2.45) is 5.73 Å². The third kappa shape index (κ3) is 4.86. The molecule has 2 N–H and O–H groups in total. The minimum atomic E-state index is -0.631. The van der Waals surface area contributed by atoms with Gasteiger partial charge in [0.05, 0.1) is 19.7 Å². The maximum Gasteiger partial charge on any atom is 0.242 e. The number of methoxy groups -OCH3 is 1. The Morgan fingerprint density at radius 1 is 1.07 bits per heavy atom. The molecular weight excluding hydrogens is 342 g/mol. The first-order chi connectivity index (χ1) is 13.1. The molecule has 6 heteroatoms. The Morgan fingerprint density at radius 2 is 1.78 bits per heavy atom. The molecule has 0 aromatic heterocycles. The topological polar surface area (TPSA) is 75.9 Å². The van der Waals surface area contributed by atoms with Crippen LogP contribution in [-0.4, -0.2) is 54.4 Å². The molecule has 1 aliphatic heterocycles. The first-order valence-corrected chi connectivity index (χ1v) is 9.06. The molecule has 1 fully saturated rings. The number of hydrogen-bond acceptors (Lipinski definition) is 4. The fraction of sp³-hybridized carbons (Fsp3) is 0.333. The van der Waals surface area contributed by atoms with Gasteiger partial charge in [-0.05, 0) is 29.7 Å². The third-order valence-electron chi connectivity index (χ3n) is 4.78. The normalized spacial score (nSPS) is 15.6. The maximum absolute atomic E-state index is 12.6. The number of carbonyl (C=O) groups is 2. The van der Waals surface area contributed by atoms with Crippen molar-refractivity contribution in [2.75, 3.05) is 26.7 Å². The average molecular weight is 367 g/mol. The zero-order valence-corrected chi connectivity index (χ0v) is 15.5. The SMILES string of the molecule is COc1ccc(CN2CCN(C(=O)[C@@H](N)Cc3ccccc3)CC2=O)cc1. The largest absolute Gasteiger partial charge is 0.497 e. The summed E-state index contributed by atoms with van der Waals surface area (Å²) in [6.07, 6.45) is 0.472. The van der Waals surface area contributed by atoms with E-state index in [0.717, 1.165) is 16.9 Å². The monoisotopic (exact) mass is 367 g/mol. The second kappa shape index (κ2) is 8.68. The molecule has 2 aromatic carbocycles. The molecule has 0 spiro atoms. The molecule has 1 heterocycles. The van der Waals surface area contributed by atoms with Crippen molar-refractivity contribution in [2.45, 2.75) is 19.0 Å². The van der Waals surface area contributed by atoms with E-state index in [1.54, 1.807) is 16.9 Å². The van der Waals surface area contributed by atoms with Gasteiger partial charge in [-0.25, -0.2) is 0 Å². The Labute approximate surface area is 159 Å². The molecule has 27 heavy (non-hydrogen) atoms. The van der Waals surface area contributed by atoms with E-state index in [1.165, 1.54) is 0 Å². The zero-order valence-electron chi connectivity index (χ0n) is 15.5. The van der Waals surface area contributed by atoms with Crippen LogP contribution in [0.5, 0.6) is 5.75 Å². The van der Waals surface area contributed by atoms with Crippen LogP contribution in [-0.2, 0) is 22.6 Å². The lowest BCUT2D eigenvalue weighted by Crippen LogP contribution is -2.55. The summed E-state index contributed by atoms with van der Waals surface area (Å²) in [6, 6.07) is 16.7. The van der Waals surface area contributed by atoms with E-state index >= 15 is 0 Å². The number of nitrogens with zero attached hydrogens (tertiary/aromatic N) is 2. The van der Waals surface area contributed by atoms with Crippen molar-refractivity contribution in [1.82, 2.24) is 9.80 Å². The number of nitrogens with two attached hydrogens (primary N) is 1. The summed E-state index contributed by atoms with van der Waals surface area (Å²) in [5.74, 6) is 0.557. The van der Waals surface area contributed by atoms with Gasteiger partial charge in [-0.3, -0.25) is 9.59 Å². The highest BCUT2D eigenvalue weighted by molar-refractivity contribution is 5.88. The molecule has 2 aromatic rings. The van der Waals surface area contributed by atoms with E-state index in [-0.39, 0.29) is 18.4 Å².